The van der Waals surface area contributed by atoms with Gasteiger partial charge in [0.25, 0.3) is 0 Å². The number of hydrogen-bond donors (Lipinski definition) is 1. The van der Waals surface area contributed by atoms with Gasteiger partial charge in [-0.15, -0.1) is 0 Å². The van der Waals surface area contributed by atoms with Crippen LogP contribution in [0.5, 0.6) is 0 Å². The van der Waals surface area contributed by atoms with Crippen LogP contribution in [0, 0.1) is 17.2 Å². The summed E-state index contributed by atoms with van der Waals surface area (Å²) in [6.07, 6.45) is 2.20. The van der Waals surface area contributed by atoms with E-state index in [4.69, 9.17) is 11.0 Å². The Morgan fingerprint density at radius 3 is 2.92 bits per heavy atom. The largest absolute Gasteiger partial charge is 0.369 e. The third-order valence-electron chi connectivity index (χ3n) is 4.51. The average Bonchev–Trinajstić information content (AvgIpc) is 2.95. The molecule has 122 valence electrons. The number of amides is 1. The first-order valence-electron chi connectivity index (χ1n) is 7.65. The van der Waals surface area contributed by atoms with Gasteiger partial charge in [0.15, 0.2) is 12.2 Å². The number of hydrazone groups is 1. The van der Waals surface area contributed by atoms with Crippen LogP contribution in [-0.2, 0) is 4.79 Å². The van der Waals surface area contributed by atoms with Crippen molar-refractivity contribution in [3.63, 3.8) is 0 Å². The molecule has 1 amide bonds. The molecule has 0 aliphatic carbocycles. The molecular formula is C17H19N6O+. The fraction of sp³-hybridized carbons (Fsp3) is 0.353. The van der Waals surface area contributed by atoms with Crippen molar-refractivity contribution in [2.75, 3.05) is 7.05 Å². The maximum Gasteiger partial charge on any atom is 0.239 e. The van der Waals surface area contributed by atoms with Gasteiger partial charge in [-0.1, -0.05) is 10.8 Å². The molecule has 7 heteroatoms. The molecule has 0 fully saturated rings. The molecule has 2 aliphatic heterocycles. The van der Waals surface area contributed by atoms with Gasteiger partial charge in [-0.05, 0) is 25.0 Å². The second-order valence-electron chi connectivity index (χ2n) is 6.33. The fourth-order valence-corrected chi connectivity index (χ4v) is 3.10. The second-order valence-corrected chi connectivity index (χ2v) is 6.33. The van der Waals surface area contributed by atoms with Crippen molar-refractivity contribution in [2.45, 2.75) is 25.8 Å². The zero-order chi connectivity index (χ0) is 17.5. The summed E-state index contributed by atoms with van der Waals surface area (Å²) in [7, 11) is 1.62. The number of nitrogens with two attached hydrogens (primary N) is 1. The van der Waals surface area contributed by atoms with E-state index in [1.165, 1.54) is 4.90 Å². The summed E-state index contributed by atoms with van der Waals surface area (Å²) < 4.78 is 1.74. The number of carbonyl (C=O) groups is 1. The Balaban J connectivity index is 1.99. The maximum atomic E-state index is 12.2. The highest BCUT2D eigenvalue weighted by molar-refractivity contribution is 6.03. The van der Waals surface area contributed by atoms with Gasteiger partial charge in [-0.3, -0.25) is 9.69 Å². The van der Waals surface area contributed by atoms with Crippen LogP contribution in [0.1, 0.15) is 25.8 Å². The maximum absolute atomic E-state index is 12.2. The van der Waals surface area contributed by atoms with Crippen LogP contribution in [0.4, 0.5) is 5.69 Å². The standard InChI is InChI=1S/C17H19N6O/c1-11-14(17(2)8-15(24)22(3)16(19)20-17)10-23(21-11)13-6-4-5-12(7-13)9-18/h4-7,10,14H,8H2,1-3H3,(H2,19,20)/q+1/t14?,17-/m0/s1. The smallest absolute Gasteiger partial charge is 0.239 e. The molecule has 3 rings (SSSR count). The molecule has 1 aromatic rings. The number of rotatable bonds is 2. The van der Waals surface area contributed by atoms with Gasteiger partial charge in [0.2, 0.25) is 11.6 Å². The molecule has 0 radical (unpaired) electrons. The average molecular weight is 323 g/mol. The summed E-state index contributed by atoms with van der Waals surface area (Å²) in [4.78, 5) is 18.1. The summed E-state index contributed by atoms with van der Waals surface area (Å²) in [5.74, 6) is 0.0236. The molecule has 1 aromatic carbocycles. The van der Waals surface area contributed by atoms with E-state index in [0.29, 0.717) is 5.56 Å². The van der Waals surface area contributed by atoms with E-state index in [1.807, 2.05) is 32.2 Å². The summed E-state index contributed by atoms with van der Waals surface area (Å²) in [6, 6.07) is 9.34. The molecule has 24 heavy (non-hydrogen) atoms. The molecule has 0 spiro atoms. The molecule has 2 heterocycles. The number of nitriles is 1. The number of aliphatic imine (C=N–C) groups is 1. The van der Waals surface area contributed by atoms with Gasteiger partial charge in [-0.2, -0.15) is 5.26 Å². The van der Waals surface area contributed by atoms with Crippen LogP contribution in [0.3, 0.4) is 0 Å². The minimum atomic E-state index is -0.664. The van der Waals surface area contributed by atoms with Crippen molar-refractivity contribution in [1.29, 1.82) is 5.26 Å². The van der Waals surface area contributed by atoms with E-state index in [0.717, 1.165) is 11.4 Å². The van der Waals surface area contributed by atoms with Crippen molar-refractivity contribution in [3.8, 4) is 6.07 Å². The van der Waals surface area contributed by atoms with Gasteiger partial charge in [0.05, 0.1) is 29.3 Å². The van der Waals surface area contributed by atoms with E-state index >= 15 is 0 Å². The molecule has 0 bridgehead atoms. The van der Waals surface area contributed by atoms with Crippen LogP contribution in [0.15, 0.2) is 34.4 Å². The highest BCUT2D eigenvalue weighted by Gasteiger charge is 2.46. The Kier molecular flexibility index (Phi) is 3.68. The predicted molar refractivity (Wildman–Crippen MR) is 91.2 cm³/mol. The van der Waals surface area contributed by atoms with Gasteiger partial charge in [-0.25, -0.2) is 4.99 Å². The Morgan fingerprint density at radius 2 is 2.25 bits per heavy atom. The highest BCUT2D eigenvalue weighted by atomic mass is 16.2. The first-order valence-corrected chi connectivity index (χ1v) is 7.65. The van der Waals surface area contributed by atoms with Gasteiger partial charge >= 0.3 is 0 Å². The number of nitrogens with zero attached hydrogens (tertiary/aromatic N) is 5. The first-order chi connectivity index (χ1) is 11.3. The van der Waals surface area contributed by atoms with Gasteiger partial charge < -0.3 is 5.73 Å². The lowest BCUT2D eigenvalue weighted by atomic mass is 9.80. The van der Waals surface area contributed by atoms with Crippen LogP contribution < -0.4 is 5.73 Å². The van der Waals surface area contributed by atoms with Crippen LogP contribution in [0.25, 0.3) is 0 Å². The lowest BCUT2D eigenvalue weighted by Gasteiger charge is -2.35. The second kappa shape index (κ2) is 5.57. The highest BCUT2D eigenvalue weighted by Crippen LogP contribution is 2.33. The Labute approximate surface area is 140 Å². The molecule has 2 aliphatic rings. The normalized spacial score (nSPS) is 26.6. The van der Waals surface area contributed by atoms with E-state index in [1.54, 1.807) is 23.9 Å². The molecule has 1 unspecified atom stereocenters. The molecule has 0 aromatic heterocycles. The minimum Gasteiger partial charge on any atom is -0.369 e. The third kappa shape index (κ3) is 2.56. The van der Waals surface area contributed by atoms with Gasteiger partial charge in [0, 0.05) is 19.2 Å². The molecule has 2 atom stereocenters. The summed E-state index contributed by atoms with van der Waals surface area (Å²) in [5.41, 5.74) is 7.46. The number of benzene rings is 1. The molecule has 7 nitrogen and oxygen atoms in total. The summed E-state index contributed by atoms with van der Waals surface area (Å²) >= 11 is 0. The van der Waals surface area contributed by atoms with Gasteiger partial charge in [0.1, 0.15) is 5.92 Å². The van der Waals surface area contributed by atoms with Crippen LogP contribution in [0.2, 0.25) is 0 Å². The zero-order valence-electron chi connectivity index (χ0n) is 13.9. The van der Waals surface area contributed by atoms with Crippen molar-refractivity contribution < 1.29 is 9.48 Å². The monoisotopic (exact) mass is 323 g/mol. The Bertz CT molecular complexity index is 847. The van der Waals surface area contributed by atoms with E-state index < -0.39 is 5.54 Å². The van der Waals surface area contributed by atoms with Crippen molar-refractivity contribution in [3.05, 3.63) is 29.8 Å². The number of guanidine groups is 1. The Hall–Kier alpha value is -3.01. The lowest BCUT2D eigenvalue weighted by Crippen LogP contribution is -2.52. The number of hydrogen-bond acceptors (Lipinski definition) is 5. The van der Waals surface area contributed by atoms with E-state index in [2.05, 4.69) is 16.2 Å². The molecule has 0 saturated heterocycles. The summed E-state index contributed by atoms with van der Waals surface area (Å²) in [6.45, 7) is 3.83. The predicted octanol–water partition coefficient (Wildman–Crippen LogP) is 1.21. The van der Waals surface area contributed by atoms with Crippen LogP contribution in [-0.4, -0.2) is 46.0 Å². The third-order valence-corrected chi connectivity index (χ3v) is 4.51. The zero-order valence-corrected chi connectivity index (χ0v) is 13.9. The van der Waals surface area contributed by atoms with Crippen molar-refractivity contribution >= 4 is 29.5 Å². The quantitative estimate of drug-likeness (QED) is 0.828. The van der Waals surface area contributed by atoms with Crippen LogP contribution >= 0.6 is 0 Å². The topological polar surface area (TPSA) is 97.8 Å². The summed E-state index contributed by atoms with van der Waals surface area (Å²) in [5, 5.41) is 13.6. The minimum absolute atomic E-state index is 0.0591. The molecule has 0 saturated carbocycles. The first kappa shape index (κ1) is 15.9. The van der Waals surface area contributed by atoms with Crippen molar-refractivity contribution in [2.24, 2.45) is 21.7 Å². The Morgan fingerprint density at radius 1 is 1.50 bits per heavy atom. The molecule has 2 N–H and O–H groups in total. The molecular weight excluding hydrogens is 304 g/mol. The number of carbonyl (C=O) groups excluding carboxylic acids is 1. The van der Waals surface area contributed by atoms with E-state index in [-0.39, 0.29) is 24.2 Å². The van der Waals surface area contributed by atoms with E-state index in [9.17, 15) is 4.79 Å². The SMILES string of the molecule is CC1=N[N+](c2cccc(C#N)c2)=CC1[C@]1(C)CC(=O)N(C)C(N)=N1. The lowest BCUT2D eigenvalue weighted by molar-refractivity contribution is -0.437. The van der Waals surface area contributed by atoms with Crippen molar-refractivity contribution in [1.82, 2.24) is 4.90 Å². The fourth-order valence-electron chi connectivity index (χ4n) is 3.10.